The van der Waals surface area contributed by atoms with E-state index >= 15 is 0 Å². The Balaban J connectivity index is 2.44. The standard InChI is InChI=1S/C7H11N3O4/c11-2-4-6(13)7(14)5(12)3-1-8-9-10(3)4/h1,4-7,11-14H,2H2/t4-,5+,6-,7-/m1/s1. The number of rotatable bonds is 1. The Morgan fingerprint density at radius 2 is 2.00 bits per heavy atom. The topological polar surface area (TPSA) is 112 Å². The summed E-state index contributed by atoms with van der Waals surface area (Å²) < 4.78 is 1.22. The number of nitrogens with zero attached hydrogens (tertiary/aromatic N) is 3. The van der Waals surface area contributed by atoms with E-state index in [1.807, 2.05) is 0 Å². The molecule has 1 aromatic heterocycles. The van der Waals surface area contributed by atoms with Crippen LogP contribution in [0.2, 0.25) is 0 Å². The van der Waals surface area contributed by atoms with Crippen molar-refractivity contribution in [2.45, 2.75) is 24.4 Å². The fraction of sp³-hybridized carbons (Fsp3) is 0.714. The Labute approximate surface area is 79.2 Å². The monoisotopic (exact) mass is 201 g/mol. The van der Waals surface area contributed by atoms with E-state index in [2.05, 4.69) is 10.3 Å². The average molecular weight is 201 g/mol. The summed E-state index contributed by atoms with van der Waals surface area (Å²) in [5.41, 5.74) is 0.293. The fourth-order valence-electron chi connectivity index (χ4n) is 1.64. The van der Waals surface area contributed by atoms with Gasteiger partial charge in [-0.2, -0.15) is 0 Å². The average Bonchev–Trinajstić information content (AvgIpc) is 2.64. The van der Waals surface area contributed by atoms with Crippen molar-refractivity contribution >= 4 is 0 Å². The van der Waals surface area contributed by atoms with Crippen molar-refractivity contribution in [2.24, 2.45) is 0 Å². The molecule has 1 aliphatic heterocycles. The highest BCUT2D eigenvalue weighted by molar-refractivity contribution is 5.09. The molecule has 1 aromatic rings. The molecule has 7 heteroatoms. The zero-order chi connectivity index (χ0) is 10.3. The van der Waals surface area contributed by atoms with E-state index in [0.29, 0.717) is 5.69 Å². The molecule has 4 atom stereocenters. The molecule has 0 fully saturated rings. The van der Waals surface area contributed by atoms with Gasteiger partial charge < -0.3 is 20.4 Å². The van der Waals surface area contributed by atoms with Crippen molar-refractivity contribution in [1.82, 2.24) is 15.0 Å². The highest BCUT2D eigenvalue weighted by Crippen LogP contribution is 2.30. The molecule has 7 nitrogen and oxygen atoms in total. The molecule has 78 valence electrons. The quantitative estimate of drug-likeness (QED) is 0.402. The van der Waals surface area contributed by atoms with Crippen LogP contribution in [-0.4, -0.2) is 54.2 Å². The summed E-state index contributed by atoms with van der Waals surface area (Å²) in [5.74, 6) is 0. The summed E-state index contributed by atoms with van der Waals surface area (Å²) in [6, 6.07) is -0.758. The lowest BCUT2D eigenvalue weighted by atomic mass is 9.95. The Kier molecular flexibility index (Phi) is 2.23. The maximum Gasteiger partial charge on any atom is 0.126 e. The van der Waals surface area contributed by atoms with Gasteiger partial charge in [-0.3, -0.25) is 0 Å². The SMILES string of the molecule is OC[C@@H]1[C@@H](O)[C@H](O)[C@@H](O)c2cnnn21. The van der Waals surface area contributed by atoms with Crippen LogP contribution in [0.25, 0.3) is 0 Å². The first-order chi connectivity index (χ1) is 6.66. The molecular formula is C7H11N3O4. The maximum absolute atomic E-state index is 9.51. The largest absolute Gasteiger partial charge is 0.394 e. The summed E-state index contributed by atoms with van der Waals surface area (Å²) in [7, 11) is 0. The van der Waals surface area contributed by atoms with Gasteiger partial charge in [0.15, 0.2) is 0 Å². The van der Waals surface area contributed by atoms with Crippen LogP contribution in [0.1, 0.15) is 17.8 Å². The Morgan fingerprint density at radius 1 is 1.29 bits per heavy atom. The third-order valence-corrected chi connectivity index (χ3v) is 2.47. The van der Waals surface area contributed by atoms with E-state index in [0.717, 1.165) is 0 Å². The van der Waals surface area contributed by atoms with Crippen molar-refractivity contribution in [3.63, 3.8) is 0 Å². The second-order valence-corrected chi connectivity index (χ2v) is 3.28. The molecule has 0 bridgehead atoms. The molecule has 0 saturated heterocycles. The predicted molar refractivity (Wildman–Crippen MR) is 43.1 cm³/mol. The third kappa shape index (κ3) is 1.14. The summed E-state index contributed by atoms with van der Waals surface area (Å²) in [6.07, 6.45) is -2.49. The molecule has 2 heterocycles. The van der Waals surface area contributed by atoms with Crippen LogP contribution < -0.4 is 0 Å². The second kappa shape index (κ2) is 3.28. The van der Waals surface area contributed by atoms with E-state index in [-0.39, 0.29) is 6.61 Å². The number of aliphatic hydroxyl groups excluding tert-OH is 4. The molecule has 4 N–H and O–H groups in total. The molecule has 0 saturated carbocycles. The van der Waals surface area contributed by atoms with Crippen LogP contribution in [0.4, 0.5) is 0 Å². The number of aliphatic hydroxyl groups is 4. The van der Waals surface area contributed by atoms with Gasteiger partial charge in [0.25, 0.3) is 0 Å². The highest BCUT2D eigenvalue weighted by Gasteiger charge is 2.41. The normalized spacial score (nSPS) is 36.9. The summed E-state index contributed by atoms with van der Waals surface area (Å²) in [5, 5.41) is 44.6. The molecule has 0 radical (unpaired) electrons. The van der Waals surface area contributed by atoms with E-state index in [1.54, 1.807) is 0 Å². The highest BCUT2D eigenvalue weighted by atomic mass is 16.4. The minimum Gasteiger partial charge on any atom is -0.394 e. The van der Waals surface area contributed by atoms with Gasteiger partial charge in [-0.25, -0.2) is 4.68 Å². The van der Waals surface area contributed by atoms with Gasteiger partial charge in [0, 0.05) is 0 Å². The smallest absolute Gasteiger partial charge is 0.126 e. The van der Waals surface area contributed by atoms with Crippen LogP contribution in [-0.2, 0) is 0 Å². The lowest BCUT2D eigenvalue weighted by Crippen LogP contribution is -2.46. The first kappa shape index (κ1) is 9.53. The molecule has 0 aromatic carbocycles. The molecule has 14 heavy (non-hydrogen) atoms. The van der Waals surface area contributed by atoms with Crippen LogP contribution >= 0.6 is 0 Å². The van der Waals surface area contributed by atoms with Crippen molar-refractivity contribution in [3.8, 4) is 0 Å². The van der Waals surface area contributed by atoms with E-state index in [4.69, 9.17) is 5.11 Å². The zero-order valence-electron chi connectivity index (χ0n) is 7.22. The van der Waals surface area contributed by atoms with E-state index in [9.17, 15) is 15.3 Å². The Hall–Kier alpha value is -1.02. The summed E-state index contributed by atoms with van der Waals surface area (Å²) in [6.45, 7) is -0.374. The molecule has 0 spiro atoms. The van der Waals surface area contributed by atoms with Crippen molar-refractivity contribution in [2.75, 3.05) is 6.61 Å². The van der Waals surface area contributed by atoms with Gasteiger partial charge >= 0.3 is 0 Å². The first-order valence-electron chi connectivity index (χ1n) is 4.22. The molecular weight excluding hydrogens is 190 g/mol. The predicted octanol–water partition coefficient (Wildman–Crippen LogP) is -2.42. The molecule has 0 unspecified atom stereocenters. The van der Waals surface area contributed by atoms with Gasteiger partial charge in [0.2, 0.25) is 0 Å². The number of aromatic nitrogens is 3. The number of fused-ring (bicyclic) bond motifs is 1. The van der Waals surface area contributed by atoms with E-state index < -0.39 is 24.4 Å². The summed E-state index contributed by atoms with van der Waals surface area (Å²) in [4.78, 5) is 0. The Bertz CT molecular complexity index is 328. The maximum atomic E-state index is 9.51. The van der Waals surface area contributed by atoms with Gasteiger partial charge in [0.1, 0.15) is 24.4 Å². The fourth-order valence-corrected chi connectivity index (χ4v) is 1.64. The van der Waals surface area contributed by atoms with Crippen molar-refractivity contribution in [1.29, 1.82) is 0 Å². The lowest BCUT2D eigenvalue weighted by molar-refractivity contribution is -0.110. The van der Waals surface area contributed by atoms with Crippen LogP contribution in [0, 0.1) is 0 Å². The van der Waals surface area contributed by atoms with Gasteiger partial charge in [-0.15, -0.1) is 5.10 Å². The molecule has 0 amide bonds. The van der Waals surface area contributed by atoms with Gasteiger partial charge in [0.05, 0.1) is 18.5 Å². The molecule has 2 rings (SSSR count). The van der Waals surface area contributed by atoms with Crippen LogP contribution in [0.5, 0.6) is 0 Å². The van der Waals surface area contributed by atoms with Gasteiger partial charge in [-0.05, 0) is 0 Å². The molecule has 1 aliphatic rings. The summed E-state index contributed by atoms with van der Waals surface area (Å²) >= 11 is 0. The van der Waals surface area contributed by atoms with E-state index in [1.165, 1.54) is 10.9 Å². The minimum atomic E-state index is -1.32. The minimum absolute atomic E-state index is 0.293. The van der Waals surface area contributed by atoms with Crippen LogP contribution in [0.15, 0.2) is 6.20 Å². The molecule has 0 aliphatic carbocycles. The number of hydrogen-bond acceptors (Lipinski definition) is 6. The van der Waals surface area contributed by atoms with Crippen molar-refractivity contribution in [3.05, 3.63) is 11.9 Å². The van der Waals surface area contributed by atoms with Crippen LogP contribution in [0.3, 0.4) is 0 Å². The number of hydrogen-bond donors (Lipinski definition) is 4. The Morgan fingerprint density at radius 3 is 2.64 bits per heavy atom. The first-order valence-corrected chi connectivity index (χ1v) is 4.22. The van der Waals surface area contributed by atoms with Gasteiger partial charge in [-0.1, -0.05) is 5.21 Å². The third-order valence-electron chi connectivity index (χ3n) is 2.47. The zero-order valence-corrected chi connectivity index (χ0v) is 7.22. The second-order valence-electron chi connectivity index (χ2n) is 3.28. The lowest BCUT2D eigenvalue weighted by Gasteiger charge is -2.34. The van der Waals surface area contributed by atoms with Crippen molar-refractivity contribution < 1.29 is 20.4 Å².